The third kappa shape index (κ3) is 5.21. The summed E-state index contributed by atoms with van der Waals surface area (Å²) in [6.07, 6.45) is 0.636. The topological polar surface area (TPSA) is 137 Å². The zero-order chi connectivity index (χ0) is 23.2. The highest BCUT2D eigenvalue weighted by molar-refractivity contribution is 7.98. The molecule has 0 unspecified atom stereocenters. The summed E-state index contributed by atoms with van der Waals surface area (Å²) in [5.74, 6) is 0.00678. The van der Waals surface area contributed by atoms with Gasteiger partial charge in [0, 0.05) is 15.7 Å². The number of carbonyl (C=O) groups excluding carboxylic acids is 1. The summed E-state index contributed by atoms with van der Waals surface area (Å²) in [6, 6.07) is 16.9. The molecule has 2 aromatic carbocycles. The number of nitrogens with one attached hydrogen (secondary N) is 1. The lowest BCUT2D eigenvalue weighted by Crippen LogP contribution is -2.22. The highest BCUT2D eigenvalue weighted by atomic mass is 35.5. The highest BCUT2D eigenvalue weighted by Crippen LogP contribution is 2.27. The number of anilines is 1. The quantitative estimate of drug-likeness (QED) is 0.220. The number of amides is 1. The molecule has 0 aliphatic rings. The molecule has 0 saturated carbocycles. The first-order valence-corrected chi connectivity index (χ1v) is 11.3. The first-order valence-electron chi connectivity index (χ1n) is 9.90. The number of rotatable bonds is 8. The van der Waals surface area contributed by atoms with Crippen molar-refractivity contribution in [2.24, 2.45) is 5.10 Å². The first kappa shape index (κ1) is 22.5. The second-order valence-corrected chi connectivity index (χ2v) is 8.22. The summed E-state index contributed by atoms with van der Waals surface area (Å²) in [7, 11) is 0. The number of benzene rings is 2. The molecule has 4 rings (SSSR count). The molecule has 0 saturated heterocycles. The molecule has 2 heterocycles. The monoisotopic (exact) mass is 482 g/mol. The van der Waals surface area contributed by atoms with E-state index in [2.05, 4.69) is 35.8 Å². The van der Waals surface area contributed by atoms with Crippen molar-refractivity contribution < 1.29 is 9.42 Å². The van der Waals surface area contributed by atoms with E-state index in [1.807, 2.05) is 49.4 Å². The predicted octanol–water partition coefficient (Wildman–Crippen LogP) is 3.72. The maximum atomic E-state index is 13.0. The molecule has 0 atom stereocenters. The van der Waals surface area contributed by atoms with Crippen LogP contribution in [-0.4, -0.2) is 36.9 Å². The summed E-state index contributed by atoms with van der Waals surface area (Å²) in [6.45, 7) is 1.96. The third-order valence-corrected chi connectivity index (χ3v) is 5.87. The van der Waals surface area contributed by atoms with Crippen molar-refractivity contribution in [3.63, 3.8) is 0 Å². The molecule has 4 aromatic rings. The smallest absolute Gasteiger partial charge is 0.293 e. The Bertz CT molecular complexity index is 1270. The van der Waals surface area contributed by atoms with E-state index in [-0.39, 0.29) is 17.3 Å². The number of halogens is 1. The zero-order valence-corrected chi connectivity index (χ0v) is 19.0. The van der Waals surface area contributed by atoms with Crippen LogP contribution < -0.4 is 11.2 Å². The van der Waals surface area contributed by atoms with Gasteiger partial charge in [0.2, 0.25) is 11.6 Å². The van der Waals surface area contributed by atoms with Crippen molar-refractivity contribution in [2.75, 3.05) is 5.73 Å². The number of nitrogen functional groups attached to an aromatic ring is 1. The summed E-state index contributed by atoms with van der Waals surface area (Å²) in [4.78, 5) is 13.9. The van der Waals surface area contributed by atoms with Crippen molar-refractivity contribution in [2.45, 2.75) is 24.0 Å². The van der Waals surface area contributed by atoms with Crippen molar-refractivity contribution in [1.29, 1.82) is 0 Å². The molecule has 0 spiro atoms. The van der Waals surface area contributed by atoms with Gasteiger partial charge in [-0.3, -0.25) is 4.79 Å². The Labute approximate surface area is 198 Å². The minimum Gasteiger partial charge on any atom is -0.378 e. The van der Waals surface area contributed by atoms with Crippen molar-refractivity contribution in [3.05, 3.63) is 76.6 Å². The maximum Gasteiger partial charge on any atom is 0.293 e. The van der Waals surface area contributed by atoms with Gasteiger partial charge in [0.1, 0.15) is 0 Å². The van der Waals surface area contributed by atoms with Crippen LogP contribution in [0.1, 0.15) is 35.1 Å². The summed E-state index contributed by atoms with van der Waals surface area (Å²) in [5, 5.41) is 20.4. The number of hydrazone groups is 1. The van der Waals surface area contributed by atoms with Crippen molar-refractivity contribution >= 4 is 40.8 Å². The molecule has 10 nitrogen and oxygen atoms in total. The molecule has 0 aliphatic heterocycles. The molecule has 33 heavy (non-hydrogen) atoms. The first-order chi connectivity index (χ1) is 16.1. The fraction of sp³-hybridized carbons (Fsp3) is 0.143. The van der Waals surface area contributed by atoms with Crippen LogP contribution in [0.4, 0.5) is 5.82 Å². The SMILES string of the molecule is CCC(=NNC(=O)c1nnn(-c2nonc2N)c1CSc1ccc(Cl)cc1)c1ccccc1. The Kier molecular flexibility index (Phi) is 7.01. The van der Waals surface area contributed by atoms with E-state index < -0.39 is 5.91 Å². The molecule has 12 heteroatoms. The molecular formula is C21H19ClN8O2S. The van der Waals surface area contributed by atoms with Gasteiger partial charge < -0.3 is 5.73 Å². The molecule has 1 amide bonds. The van der Waals surface area contributed by atoms with Gasteiger partial charge in [0.25, 0.3) is 5.91 Å². The Balaban J connectivity index is 1.62. The summed E-state index contributed by atoms with van der Waals surface area (Å²) < 4.78 is 6.02. The summed E-state index contributed by atoms with van der Waals surface area (Å²) in [5.41, 5.74) is 10.6. The average Bonchev–Trinajstić information content (AvgIpc) is 3.45. The number of nitrogens with two attached hydrogens (primary N) is 1. The minimum atomic E-state index is -0.509. The lowest BCUT2D eigenvalue weighted by molar-refractivity contribution is 0.0949. The second-order valence-electron chi connectivity index (χ2n) is 6.73. The zero-order valence-electron chi connectivity index (χ0n) is 17.5. The largest absolute Gasteiger partial charge is 0.378 e. The number of nitrogens with zero attached hydrogens (tertiary/aromatic N) is 6. The predicted molar refractivity (Wildman–Crippen MR) is 125 cm³/mol. The van der Waals surface area contributed by atoms with Crippen LogP contribution >= 0.6 is 23.4 Å². The molecule has 0 aliphatic carbocycles. The molecular weight excluding hydrogens is 464 g/mol. The van der Waals surface area contributed by atoms with E-state index in [4.69, 9.17) is 17.3 Å². The van der Waals surface area contributed by atoms with Crippen LogP contribution in [-0.2, 0) is 5.75 Å². The molecule has 168 valence electrons. The molecule has 0 radical (unpaired) electrons. The maximum absolute atomic E-state index is 13.0. The van der Waals surface area contributed by atoms with Gasteiger partial charge in [-0.05, 0) is 46.6 Å². The van der Waals surface area contributed by atoms with Crippen LogP contribution in [0.5, 0.6) is 0 Å². The number of carbonyl (C=O) groups is 1. The summed E-state index contributed by atoms with van der Waals surface area (Å²) >= 11 is 7.43. The van der Waals surface area contributed by atoms with Gasteiger partial charge in [0.15, 0.2) is 5.69 Å². The van der Waals surface area contributed by atoms with E-state index >= 15 is 0 Å². The van der Waals surface area contributed by atoms with E-state index in [0.717, 1.165) is 16.2 Å². The van der Waals surface area contributed by atoms with E-state index in [1.54, 1.807) is 12.1 Å². The number of aromatic nitrogens is 5. The van der Waals surface area contributed by atoms with Crippen LogP contribution in [0.25, 0.3) is 5.82 Å². The number of hydrogen-bond donors (Lipinski definition) is 2. The number of hydrogen-bond acceptors (Lipinski definition) is 9. The van der Waals surface area contributed by atoms with E-state index in [9.17, 15) is 4.79 Å². The van der Waals surface area contributed by atoms with Crippen LogP contribution in [0.15, 0.2) is 69.2 Å². The van der Waals surface area contributed by atoms with Gasteiger partial charge in [0.05, 0.1) is 11.4 Å². The van der Waals surface area contributed by atoms with E-state index in [0.29, 0.717) is 22.9 Å². The standard InChI is InChI=1S/C21H19ClN8O2S/c1-2-16(13-6-4-3-5-7-13)24-26-21(31)18-17(12-33-15-10-8-14(22)9-11-15)30(29-25-18)20-19(23)27-32-28-20/h3-11H,2,12H2,1H3,(H2,23,27)(H,26,31). The van der Waals surface area contributed by atoms with Crippen LogP contribution in [0.2, 0.25) is 5.02 Å². The fourth-order valence-electron chi connectivity index (χ4n) is 2.95. The molecule has 0 bridgehead atoms. The van der Waals surface area contributed by atoms with Crippen LogP contribution in [0, 0.1) is 0 Å². The Morgan fingerprint density at radius 3 is 2.61 bits per heavy atom. The van der Waals surface area contributed by atoms with Crippen LogP contribution in [0.3, 0.4) is 0 Å². The molecule has 3 N–H and O–H groups in total. The highest BCUT2D eigenvalue weighted by Gasteiger charge is 2.24. The Morgan fingerprint density at radius 1 is 1.18 bits per heavy atom. The van der Waals surface area contributed by atoms with Gasteiger partial charge in [-0.2, -0.15) is 9.78 Å². The third-order valence-electron chi connectivity index (χ3n) is 4.60. The van der Waals surface area contributed by atoms with Crippen molar-refractivity contribution in [1.82, 2.24) is 30.7 Å². The molecule has 0 fully saturated rings. The van der Waals surface area contributed by atoms with Gasteiger partial charge in [-0.15, -0.1) is 16.9 Å². The number of thioether (sulfide) groups is 1. The van der Waals surface area contributed by atoms with Gasteiger partial charge in [-0.1, -0.05) is 54.1 Å². The Morgan fingerprint density at radius 2 is 1.94 bits per heavy atom. The average molecular weight is 483 g/mol. The van der Waals surface area contributed by atoms with E-state index in [1.165, 1.54) is 16.4 Å². The fourth-order valence-corrected chi connectivity index (χ4v) is 3.96. The van der Waals surface area contributed by atoms with Gasteiger partial charge >= 0.3 is 0 Å². The minimum absolute atomic E-state index is 0.0277. The Hall–Kier alpha value is -3.70. The second kappa shape index (κ2) is 10.3. The normalized spacial score (nSPS) is 11.5. The lowest BCUT2D eigenvalue weighted by atomic mass is 10.1. The van der Waals surface area contributed by atoms with Gasteiger partial charge in [-0.25, -0.2) is 10.1 Å². The molecule has 2 aromatic heterocycles. The lowest BCUT2D eigenvalue weighted by Gasteiger charge is -2.07. The van der Waals surface area contributed by atoms with Crippen molar-refractivity contribution in [3.8, 4) is 5.82 Å².